The molecule has 1 saturated heterocycles. The van der Waals surface area contributed by atoms with Crippen LogP contribution in [0.25, 0.3) is 10.8 Å². The molecule has 1 fully saturated rings. The first-order chi connectivity index (χ1) is 17.7. The summed E-state index contributed by atoms with van der Waals surface area (Å²) in [6.07, 6.45) is 2.25. The minimum atomic E-state index is -2.06. The van der Waals surface area contributed by atoms with Crippen LogP contribution in [0.15, 0.2) is 121 Å². The van der Waals surface area contributed by atoms with Gasteiger partial charge >= 0.3 is 6.69 Å². The van der Waals surface area contributed by atoms with Gasteiger partial charge in [-0.2, -0.15) is 0 Å². The Hall–Kier alpha value is -3.86. The molecule has 2 aliphatic rings. The summed E-state index contributed by atoms with van der Waals surface area (Å²) in [5.41, 5.74) is 3.72. The molecule has 3 nitrogen and oxygen atoms in total. The van der Waals surface area contributed by atoms with Crippen LogP contribution >= 0.6 is 11.6 Å². The van der Waals surface area contributed by atoms with Crippen molar-refractivity contribution in [2.45, 2.75) is 5.54 Å². The number of nitrogens with zero attached hydrogens (tertiary/aromatic N) is 1. The number of hydrogen-bond donors (Lipinski definition) is 0. The van der Waals surface area contributed by atoms with Crippen molar-refractivity contribution in [3.8, 4) is 5.75 Å². The van der Waals surface area contributed by atoms with Gasteiger partial charge in [0.25, 0.3) is 0 Å². The predicted molar refractivity (Wildman–Crippen MR) is 146 cm³/mol. The monoisotopic (exact) mass is 487 g/mol. The highest BCUT2D eigenvalue weighted by atomic mass is 35.5. The van der Waals surface area contributed by atoms with E-state index >= 15 is 0 Å². The zero-order valence-electron chi connectivity index (χ0n) is 19.6. The number of hydrogen-bond acceptors (Lipinski definition) is 2. The van der Waals surface area contributed by atoms with Gasteiger partial charge in [-0.05, 0) is 29.0 Å². The van der Waals surface area contributed by atoms with E-state index in [-0.39, 0.29) is 0 Å². The molecule has 0 spiro atoms. The van der Waals surface area contributed by atoms with Crippen LogP contribution in [0.1, 0.15) is 16.7 Å². The van der Waals surface area contributed by atoms with Gasteiger partial charge in [-0.1, -0.05) is 120 Å². The number of benzene rings is 5. The van der Waals surface area contributed by atoms with Crippen LogP contribution < -0.4 is 10.1 Å². The fourth-order valence-electron chi connectivity index (χ4n) is 5.89. The van der Waals surface area contributed by atoms with Crippen molar-refractivity contribution < 1.29 is 13.8 Å². The molecule has 2 heterocycles. The van der Waals surface area contributed by atoms with E-state index in [2.05, 4.69) is 108 Å². The van der Waals surface area contributed by atoms with E-state index in [1.165, 1.54) is 5.39 Å². The Morgan fingerprint density at radius 1 is 0.694 bits per heavy atom. The third-order valence-electron chi connectivity index (χ3n) is 7.60. The van der Waals surface area contributed by atoms with Crippen molar-refractivity contribution in [1.82, 2.24) is 0 Å². The minimum Gasteiger partial charge on any atom is -0.630 e. The Kier molecular flexibility index (Phi) is 4.82. The molecule has 1 atom stereocenters. The summed E-state index contributed by atoms with van der Waals surface area (Å²) in [5.74, 6) is 0.817. The van der Waals surface area contributed by atoms with E-state index in [0.29, 0.717) is 11.6 Å². The van der Waals surface area contributed by atoms with Crippen molar-refractivity contribution in [3.05, 3.63) is 143 Å². The maximum absolute atomic E-state index is 6.97. The fraction of sp³-hybridized carbons (Fsp3) is 0.0645. The van der Waals surface area contributed by atoms with Crippen LogP contribution in [0.3, 0.4) is 0 Å². The third-order valence-corrected chi connectivity index (χ3v) is 7.86. The average Bonchev–Trinajstić information content (AvgIpc) is 3.29. The van der Waals surface area contributed by atoms with Gasteiger partial charge in [-0.3, -0.25) is 0 Å². The highest BCUT2D eigenvalue weighted by Gasteiger charge is 2.64. The molecule has 0 amide bonds. The normalized spacial score (nSPS) is 19.8. The molecule has 5 aromatic rings. The Balaban J connectivity index is 1.58. The average molecular weight is 488 g/mol. The standard InChI is InChI=1S/C31H23BClNO2/c33-27-18-16-26(17-19-27)32-34(21-29-28-14-8-7-9-23(28)15-20-30(29)36-32)31(22-35-32,24-10-3-1-4-11-24)25-12-5-2-6-13-25/h1-21H,22H2. The van der Waals surface area contributed by atoms with Crippen molar-refractivity contribution >= 4 is 40.7 Å². The smallest absolute Gasteiger partial charge is 0.625 e. The van der Waals surface area contributed by atoms with Crippen LogP contribution in [0.4, 0.5) is 0 Å². The van der Waals surface area contributed by atoms with E-state index in [1.54, 1.807) is 0 Å². The zero-order valence-corrected chi connectivity index (χ0v) is 20.3. The molecule has 7 rings (SSSR count). The summed E-state index contributed by atoms with van der Waals surface area (Å²) in [5, 5.41) is 3.00. The van der Waals surface area contributed by atoms with Gasteiger partial charge in [0, 0.05) is 16.1 Å². The molecule has 1 unspecified atom stereocenters. The molecule has 174 valence electrons. The van der Waals surface area contributed by atoms with Crippen molar-refractivity contribution in [2.75, 3.05) is 6.61 Å². The van der Waals surface area contributed by atoms with E-state index in [1.807, 2.05) is 24.3 Å². The van der Waals surface area contributed by atoms with Crippen molar-refractivity contribution in [2.24, 2.45) is 0 Å². The molecule has 5 aromatic carbocycles. The lowest BCUT2D eigenvalue weighted by Crippen LogP contribution is -2.65. The van der Waals surface area contributed by atoms with Crippen LogP contribution in [0.5, 0.6) is 5.75 Å². The van der Waals surface area contributed by atoms with Gasteiger partial charge in [0.1, 0.15) is 6.21 Å². The first-order valence-electron chi connectivity index (χ1n) is 12.2. The van der Waals surface area contributed by atoms with Crippen LogP contribution in [0, 0.1) is 0 Å². The fourth-order valence-corrected chi connectivity index (χ4v) is 6.02. The summed E-state index contributed by atoms with van der Waals surface area (Å²) < 4.78 is 16.2. The summed E-state index contributed by atoms with van der Waals surface area (Å²) in [6.45, 7) is -1.63. The molecule has 0 radical (unpaired) electrons. The Morgan fingerprint density at radius 3 is 2.03 bits per heavy atom. The molecule has 0 bridgehead atoms. The van der Waals surface area contributed by atoms with Crippen LogP contribution in [-0.2, 0) is 10.2 Å². The first-order valence-corrected chi connectivity index (χ1v) is 12.6. The lowest BCUT2D eigenvalue weighted by atomic mass is 9.60. The second-order valence-corrected chi connectivity index (χ2v) is 9.92. The summed E-state index contributed by atoms with van der Waals surface area (Å²) in [7, 11) is 0. The Bertz CT molecular complexity index is 1580. The topological polar surface area (TPSA) is 21.5 Å². The third kappa shape index (κ3) is 3.02. The number of fused-ring (bicyclic) bond motifs is 4. The van der Waals surface area contributed by atoms with E-state index in [9.17, 15) is 0 Å². The molecule has 0 saturated carbocycles. The highest BCUT2D eigenvalue weighted by Crippen LogP contribution is 2.45. The van der Waals surface area contributed by atoms with Gasteiger partial charge in [0.15, 0.2) is 5.54 Å². The van der Waals surface area contributed by atoms with Gasteiger partial charge in [-0.25, -0.2) is 0 Å². The molecule has 36 heavy (non-hydrogen) atoms. The molecule has 0 N–H and O–H groups in total. The predicted octanol–water partition coefficient (Wildman–Crippen LogP) is 6.14. The molecular weight excluding hydrogens is 465 g/mol. The zero-order chi connectivity index (χ0) is 24.2. The molecule has 0 aromatic heterocycles. The first kappa shape index (κ1) is 21.4. The highest BCUT2D eigenvalue weighted by molar-refractivity contribution is 6.76. The quantitative estimate of drug-likeness (QED) is 0.285. The second kappa shape index (κ2) is 8.09. The van der Waals surface area contributed by atoms with Crippen LogP contribution in [-0.4, -0.2) is 24.0 Å². The molecular formula is C31H23BClNO2. The van der Waals surface area contributed by atoms with Gasteiger partial charge in [0.05, 0.1) is 17.9 Å². The van der Waals surface area contributed by atoms with E-state index < -0.39 is 12.2 Å². The van der Waals surface area contributed by atoms with E-state index in [4.69, 9.17) is 20.9 Å². The minimum absolute atomic E-state index is 0.437. The lowest BCUT2D eigenvalue weighted by Gasteiger charge is -2.40. The van der Waals surface area contributed by atoms with Gasteiger partial charge in [-0.15, -0.1) is 0 Å². The number of rotatable bonds is 3. The van der Waals surface area contributed by atoms with Crippen LogP contribution in [0.2, 0.25) is 5.02 Å². The molecule has 2 aliphatic heterocycles. The van der Waals surface area contributed by atoms with Crippen molar-refractivity contribution in [3.63, 3.8) is 0 Å². The van der Waals surface area contributed by atoms with Gasteiger partial charge < -0.3 is 13.8 Å². The Labute approximate surface area is 215 Å². The SMILES string of the molecule is Clc1ccc([B-]23OCC(c4ccccc4)(c4ccccc4)[N+]2=Cc2c(ccc4ccccc24)O3)cc1. The molecule has 5 heteroatoms. The summed E-state index contributed by atoms with van der Waals surface area (Å²) >= 11 is 6.29. The van der Waals surface area contributed by atoms with Gasteiger partial charge in [0.2, 0.25) is 0 Å². The maximum Gasteiger partial charge on any atom is 0.625 e. The van der Waals surface area contributed by atoms with Crippen molar-refractivity contribution in [1.29, 1.82) is 0 Å². The number of halogens is 1. The molecule has 0 aliphatic carbocycles. The van der Waals surface area contributed by atoms with E-state index in [0.717, 1.165) is 33.3 Å². The Morgan fingerprint density at radius 2 is 1.33 bits per heavy atom. The lowest BCUT2D eigenvalue weighted by molar-refractivity contribution is -0.483. The summed E-state index contributed by atoms with van der Waals surface area (Å²) in [6, 6.07) is 41.6. The largest absolute Gasteiger partial charge is 0.630 e. The summed E-state index contributed by atoms with van der Waals surface area (Å²) in [4.78, 5) is 0. The maximum atomic E-state index is 6.97. The second-order valence-electron chi connectivity index (χ2n) is 9.48.